The van der Waals surface area contributed by atoms with Crippen LogP contribution in [0.4, 0.5) is 0 Å². The van der Waals surface area contributed by atoms with Crippen LogP contribution in [0, 0.1) is 5.92 Å². The Kier molecular flexibility index (Phi) is 7.02. The first-order chi connectivity index (χ1) is 13.3. The molecule has 0 saturated heterocycles. The van der Waals surface area contributed by atoms with Crippen molar-refractivity contribution in [1.29, 1.82) is 0 Å². The highest BCUT2D eigenvalue weighted by atomic mass is 16.5. The Morgan fingerprint density at radius 2 is 2.04 bits per heavy atom. The van der Waals surface area contributed by atoms with Crippen LogP contribution in [0.25, 0.3) is 5.69 Å². The highest BCUT2D eigenvalue weighted by Crippen LogP contribution is 2.22. The smallest absolute Gasteiger partial charge is 0.326 e. The fraction of sp³-hybridized carbons (Fsp3) is 0.412. The van der Waals surface area contributed by atoms with Gasteiger partial charge in [-0.05, 0) is 41.0 Å². The van der Waals surface area contributed by atoms with Crippen molar-refractivity contribution in [3.8, 4) is 11.4 Å². The molecule has 0 aliphatic carbocycles. The Morgan fingerprint density at radius 1 is 1.29 bits per heavy atom. The molecule has 1 atom stereocenters. The largest absolute Gasteiger partial charge is 0.494 e. The molecule has 11 heteroatoms. The van der Waals surface area contributed by atoms with Gasteiger partial charge in [0.05, 0.1) is 13.7 Å². The van der Waals surface area contributed by atoms with Gasteiger partial charge >= 0.3 is 5.97 Å². The molecule has 1 aromatic heterocycles. The van der Waals surface area contributed by atoms with Crippen LogP contribution < -0.4 is 15.4 Å². The topological polar surface area (TPSA) is 148 Å². The van der Waals surface area contributed by atoms with E-state index in [1.807, 2.05) is 13.8 Å². The Morgan fingerprint density at radius 3 is 2.61 bits per heavy atom. The number of nitrogens with zero attached hydrogens (tertiary/aromatic N) is 4. The first kappa shape index (κ1) is 20.8. The van der Waals surface area contributed by atoms with Crippen LogP contribution in [-0.2, 0) is 9.59 Å². The van der Waals surface area contributed by atoms with E-state index in [-0.39, 0.29) is 18.0 Å². The highest BCUT2D eigenvalue weighted by Gasteiger charge is 2.21. The summed E-state index contributed by atoms with van der Waals surface area (Å²) in [5.41, 5.74) is 0.712. The van der Waals surface area contributed by atoms with Gasteiger partial charge in [-0.2, -0.15) is 4.68 Å². The Hall–Kier alpha value is -3.50. The van der Waals surface area contributed by atoms with Gasteiger partial charge in [0.15, 0.2) is 0 Å². The molecule has 3 N–H and O–H groups in total. The summed E-state index contributed by atoms with van der Waals surface area (Å²) in [5.74, 6) is -1.66. The second-order valence-corrected chi connectivity index (χ2v) is 6.41. The average Bonchev–Trinajstić information content (AvgIpc) is 3.19. The lowest BCUT2D eigenvalue weighted by Crippen LogP contribution is -2.46. The lowest BCUT2D eigenvalue weighted by Gasteiger charge is -2.16. The molecule has 0 fully saturated rings. The normalized spacial score (nSPS) is 11.7. The quantitative estimate of drug-likeness (QED) is 0.542. The van der Waals surface area contributed by atoms with Gasteiger partial charge in [0.1, 0.15) is 23.8 Å². The van der Waals surface area contributed by atoms with Crippen molar-refractivity contribution < 1.29 is 24.2 Å². The van der Waals surface area contributed by atoms with Gasteiger partial charge in [-0.3, -0.25) is 9.59 Å². The molecule has 0 aliphatic rings. The van der Waals surface area contributed by atoms with E-state index in [0.29, 0.717) is 17.9 Å². The summed E-state index contributed by atoms with van der Waals surface area (Å²) in [6, 6.07) is 3.62. The molecule has 0 unspecified atom stereocenters. The van der Waals surface area contributed by atoms with Crippen LogP contribution in [0.3, 0.4) is 0 Å². The molecule has 0 saturated carbocycles. The molecule has 0 bridgehead atoms. The van der Waals surface area contributed by atoms with E-state index in [1.54, 1.807) is 6.07 Å². The minimum absolute atomic E-state index is 0.0972. The third-order valence-electron chi connectivity index (χ3n) is 3.79. The molecule has 0 radical (unpaired) electrons. The SMILES string of the molecule is COc1ccc(C(=O)NCC(=O)N[C@@H](CC(C)C)C(=O)O)cc1-n1cnnn1. The second-order valence-electron chi connectivity index (χ2n) is 6.41. The minimum Gasteiger partial charge on any atom is -0.494 e. The standard InChI is InChI=1S/C17H22N6O5/c1-10(2)6-12(17(26)27)20-15(24)8-18-16(25)11-4-5-14(28-3)13(7-11)23-9-19-21-22-23/h4-5,7,9-10,12H,6,8H2,1-3H3,(H,18,25)(H,20,24)(H,26,27)/t12-/m0/s1. The van der Waals surface area contributed by atoms with Crippen molar-refractivity contribution >= 4 is 17.8 Å². The van der Waals surface area contributed by atoms with E-state index in [9.17, 15) is 14.4 Å². The van der Waals surface area contributed by atoms with Gasteiger partial charge < -0.3 is 20.5 Å². The van der Waals surface area contributed by atoms with E-state index in [4.69, 9.17) is 9.84 Å². The molecule has 11 nitrogen and oxygen atoms in total. The zero-order valence-corrected chi connectivity index (χ0v) is 15.7. The molecule has 2 amide bonds. The lowest BCUT2D eigenvalue weighted by atomic mass is 10.0. The number of amides is 2. The van der Waals surface area contributed by atoms with Gasteiger partial charge in [-0.1, -0.05) is 13.8 Å². The fourth-order valence-electron chi connectivity index (χ4n) is 2.48. The molecule has 28 heavy (non-hydrogen) atoms. The molecule has 2 rings (SSSR count). The monoisotopic (exact) mass is 390 g/mol. The molecular weight excluding hydrogens is 368 g/mol. The number of hydrogen-bond acceptors (Lipinski definition) is 7. The number of hydrogen-bond donors (Lipinski definition) is 3. The zero-order valence-electron chi connectivity index (χ0n) is 15.7. The van der Waals surface area contributed by atoms with E-state index in [2.05, 4.69) is 26.2 Å². The summed E-state index contributed by atoms with van der Waals surface area (Å²) < 4.78 is 6.57. The van der Waals surface area contributed by atoms with Gasteiger partial charge in [0.2, 0.25) is 5.91 Å². The number of aliphatic carboxylic acids is 1. The fourth-order valence-corrected chi connectivity index (χ4v) is 2.48. The number of nitrogens with one attached hydrogen (secondary N) is 2. The van der Waals surface area contributed by atoms with Crippen LogP contribution in [-0.4, -0.2) is 62.8 Å². The maximum Gasteiger partial charge on any atom is 0.326 e. The first-order valence-electron chi connectivity index (χ1n) is 8.53. The molecular formula is C17H22N6O5. The third kappa shape index (κ3) is 5.50. The van der Waals surface area contributed by atoms with Crippen molar-refractivity contribution in [2.75, 3.05) is 13.7 Å². The Bertz CT molecular complexity index is 837. The number of ether oxygens (including phenoxy) is 1. The number of methoxy groups -OCH3 is 1. The Labute approximate surface area is 161 Å². The number of carbonyl (C=O) groups is 3. The van der Waals surface area contributed by atoms with Gasteiger partial charge in [-0.25, -0.2) is 4.79 Å². The van der Waals surface area contributed by atoms with Crippen LogP contribution in [0.2, 0.25) is 0 Å². The summed E-state index contributed by atoms with van der Waals surface area (Å²) in [7, 11) is 1.48. The van der Waals surface area contributed by atoms with Gasteiger partial charge in [0, 0.05) is 5.56 Å². The molecule has 0 spiro atoms. The molecule has 1 aromatic carbocycles. The number of tetrazole rings is 1. The number of aromatic nitrogens is 4. The summed E-state index contributed by atoms with van der Waals surface area (Å²) >= 11 is 0. The van der Waals surface area contributed by atoms with Gasteiger partial charge in [0.25, 0.3) is 5.91 Å². The molecule has 150 valence electrons. The van der Waals surface area contributed by atoms with Gasteiger partial charge in [-0.15, -0.1) is 5.10 Å². The van der Waals surface area contributed by atoms with Crippen LogP contribution in [0.5, 0.6) is 5.75 Å². The number of rotatable bonds is 9. The second kappa shape index (κ2) is 9.44. The maximum absolute atomic E-state index is 12.4. The van der Waals surface area contributed by atoms with Crippen molar-refractivity contribution in [3.05, 3.63) is 30.1 Å². The van der Waals surface area contributed by atoms with E-state index >= 15 is 0 Å². The summed E-state index contributed by atoms with van der Waals surface area (Å²) in [6.45, 7) is 3.36. The maximum atomic E-state index is 12.4. The van der Waals surface area contributed by atoms with Crippen molar-refractivity contribution in [1.82, 2.24) is 30.8 Å². The predicted molar refractivity (Wildman–Crippen MR) is 97.1 cm³/mol. The summed E-state index contributed by atoms with van der Waals surface area (Å²) in [6.07, 6.45) is 1.65. The molecule has 2 aromatic rings. The van der Waals surface area contributed by atoms with Crippen molar-refractivity contribution in [3.63, 3.8) is 0 Å². The van der Waals surface area contributed by atoms with Crippen LogP contribution in [0.15, 0.2) is 24.5 Å². The van der Waals surface area contributed by atoms with Crippen LogP contribution >= 0.6 is 0 Å². The highest BCUT2D eigenvalue weighted by molar-refractivity contribution is 5.97. The van der Waals surface area contributed by atoms with E-state index in [0.717, 1.165) is 0 Å². The lowest BCUT2D eigenvalue weighted by molar-refractivity contribution is -0.142. The van der Waals surface area contributed by atoms with Crippen molar-refractivity contribution in [2.45, 2.75) is 26.3 Å². The summed E-state index contributed by atoms with van der Waals surface area (Å²) in [5, 5.41) is 24.9. The van der Waals surface area contributed by atoms with E-state index < -0.39 is 23.8 Å². The number of carboxylic acid groups (broad SMARTS) is 1. The zero-order chi connectivity index (χ0) is 20.7. The number of benzene rings is 1. The summed E-state index contributed by atoms with van der Waals surface area (Å²) in [4.78, 5) is 35.6. The molecule has 0 aliphatic heterocycles. The van der Waals surface area contributed by atoms with Crippen LogP contribution in [0.1, 0.15) is 30.6 Å². The minimum atomic E-state index is -1.12. The third-order valence-corrected chi connectivity index (χ3v) is 3.79. The Balaban J connectivity index is 2.02. The van der Waals surface area contributed by atoms with E-state index in [1.165, 1.54) is 30.3 Å². The first-order valence-corrected chi connectivity index (χ1v) is 8.53. The predicted octanol–water partition coefficient (Wildman–Crippen LogP) is 0.0162. The number of carbonyl (C=O) groups excluding carboxylic acids is 2. The number of carboxylic acids is 1. The molecule has 1 heterocycles. The van der Waals surface area contributed by atoms with Crippen molar-refractivity contribution in [2.24, 2.45) is 5.92 Å². The average molecular weight is 390 g/mol.